The highest BCUT2D eigenvalue weighted by molar-refractivity contribution is 7.15. The van der Waals surface area contributed by atoms with E-state index < -0.39 is 5.91 Å². The van der Waals surface area contributed by atoms with Gasteiger partial charge in [0.25, 0.3) is 11.8 Å². The van der Waals surface area contributed by atoms with Crippen LogP contribution in [0.4, 0.5) is 0 Å². The topological polar surface area (TPSA) is 101 Å². The molecule has 1 aliphatic heterocycles. The van der Waals surface area contributed by atoms with Crippen LogP contribution in [0, 0.1) is 0 Å². The average Bonchev–Trinajstić information content (AvgIpc) is 2.96. The number of hydrogen-bond donors (Lipinski definition) is 3. The molecule has 0 radical (unpaired) electrons. The lowest BCUT2D eigenvalue weighted by Gasteiger charge is -2.00. The first kappa shape index (κ1) is 11.5. The number of nitrogens with zero attached hydrogens (tertiary/aromatic N) is 1. The zero-order chi connectivity index (χ0) is 12.3. The summed E-state index contributed by atoms with van der Waals surface area (Å²) in [6.07, 6.45) is 3.35. The van der Waals surface area contributed by atoms with E-state index in [9.17, 15) is 9.59 Å². The fourth-order valence-corrected chi connectivity index (χ4v) is 2.06. The van der Waals surface area contributed by atoms with Gasteiger partial charge in [-0.05, 0) is 12.1 Å². The van der Waals surface area contributed by atoms with Crippen LogP contribution < -0.4 is 16.4 Å². The molecule has 2 amide bonds. The maximum Gasteiger partial charge on any atom is 0.261 e. The highest BCUT2D eigenvalue weighted by Crippen LogP contribution is 2.15. The van der Waals surface area contributed by atoms with Crippen LogP contribution in [0.5, 0.6) is 0 Å². The van der Waals surface area contributed by atoms with Crippen LogP contribution in [0.25, 0.3) is 0 Å². The van der Waals surface area contributed by atoms with Gasteiger partial charge in [0, 0.05) is 0 Å². The number of thiophene rings is 1. The summed E-state index contributed by atoms with van der Waals surface area (Å²) >= 11 is 1.08. The summed E-state index contributed by atoms with van der Waals surface area (Å²) in [6, 6.07) is 3.13. The van der Waals surface area contributed by atoms with Gasteiger partial charge >= 0.3 is 0 Å². The minimum absolute atomic E-state index is 0.219. The van der Waals surface area contributed by atoms with E-state index >= 15 is 0 Å². The highest BCUT2D eigenvalue weighted by Gasteiger charge is 2.13. The van der Waals surface area contributed by atoms with E-state index in [0.717, 1.165) is 17.0 Å². The van der Waals surface area contributed by atoms with E-state index in [2.05, 4.69) is 10.3 Å². The van der Waals surface area contributed by atoms with E-state index in [-0.39, 0.29) is 5.91 Å². The Morgan fingerprint density at radius 2 is 2.18 bits per heavy atom. The van der Waals surface area contributed by atoms with Crippen molar-refractivity contribution in [3.63, 3.8) is 0 Å². The molecule has 0 saturated heterocycles. The predicted molar refractivity (Wildman–Crippen MR) is 63.7 cm³/mol. The molecule has 2 rings (SSSR count). The number of primary amides is 1. The van der Waals surface area contributed by atoms with Gasteiger partial charge in [0.05, 0.1) is 22.5 Å². The van der Waals surface area contributed by atoms with Crippen molar-refractivity contribution in [1.82, 2.24) is 5.32 Å². The molecule has 0 spiro atoms. The number of carbonyl (C=O) groups excluding carboxylic acids is 2. The normalized spacial score (nSPS) is 13.5. The molecule has 0 atom stereocenters. The van der Waals surface area contributed by atoms with Gasteiger partial charge in [0.2, 0.25) is 0 Å². The van der Waals surface area contributed by atoms with Gasteiger partial charge in [0.15, 0.2) is 6.34 Å². The lowest BCUT2D eigenvalue weighted by Crippen LogP contribution is -2.80. The first-order chi connectivity index (χ1) is 8.16. The highest BCUT2D eigenvalue weighted by atomic mass is 32.1. The Hall–Kier alpha value is -1.99. The molecule has 0 bridgehead atoms. The monoisotopic (exact) mass is 251 g/mol. The van der Waals surface area contributed by atoms with Crippen LogP contribution >= 0.6 is 11.3 Å². The SMILES string of the molecule is NC(=O)c1ccc(C(=O)NCC2=CN=C[NH2+]2)s1. The van der Waals surface area contributed by atoms with Crippen molar-refractivity contribution < 1.29 is 14.9 Å². The van der Waals surface area contributed by atoms with Crippen LogP contribution in [-0.4, -0.2) is 24.7 Å². The van der Waals surface area contributed by atoms with E-state index in [0.29, 0.717) is 16.3 Å². The predicted octanol–water partition coefficient (Wildman–Crippen LogP) is -0.977. The molecule has 1 aromatic heterocycles. The van der Waals surface area contributed by atoms with Crippen molar-refractivity contribution in [2.45, 2.75) is 0 Å². The van der Waals surface area contributed by atoms with Crippen LogP contribution in [0.15, 0.2) is 29.0 Å². The standard InChI is InChI=1S/C10H10N4O2S/c11-9(15)7-1-2-8(17-7)10(16)13-4-6-3-12-5-14-6/h1-3,5H,4H2,(H2,11,15)(H,12,14)(H,13,16)/p+1. The molecule has 1 aromatic rings. The molecule has 17 heavy (non-hydrogen) atoms. The molecule has 7 heteroatoms. The third-order valence-electron chi connectivity index (χ3n) is 2.14. The summed E-state index contributed by atoms with van der Waals surface area (Å²) in [5.74, 6) is -0.738. The second kappa shape index (κ2) is 4.89. The largest absolute Gasteiger partial charge is 0.365 e. The first-order valence-electron chi connectivity index (χ1n) is 4.90. The van der Waals surface area contributed by atoms with Gasteiger partial charge in [-0.25, -0.2) is 4.99 Å². The Bertz CT molecular complexity index is 518. The Kier molecular flexibility index (Phi) is 3.31. The number of nitrogens with one attached hydrogen (secondary N) is 1. The summed E-state index contributed by atoms with van der Waals surface area (Å²) < 4.78 is 0. The smallest absolute Gasteiger partial charge is 0.261 e. The fourth-order valence-electron chi connectivity index (χ4n) is 1.29. The van der Waals surface area contributed by atoms with Crippen molar-refractivity contribution in [2.24, 2.45) is 10.7 Å². The van der Waals surface area contributed by atoms with Gasteiger partial charge in [-0.3, -0.25) is 14.9 Å². The minimum Gasteiger partial charge on any atom is -0.365 e. The van der Waals surface area contributed by atoms with E-state index in [1.165, 1.54) is 0 Å². The number of nitrogens with two attached hydrogens (primary N) is 2. The van der Waals surface area contributed by atoms with Crippen molar-refractivity contribution in [2.75, 3.05) is 6.54 Å². The Morgan fingerprint density at radius 3 is 2.76 bits per heavy atom. The molecule has 0 aromatic carbocycles. The summed E-state index contributed by atoms with van der Waals surface area (Å²) in [4.78, 5) is 27.3. The third kappa shape index (κ3) is 2.77. The molecule has 0 unspecified atom stereocenters. The Morgan fingerprint density at radius 1 is 1.41 bits per heavy atom. The molecular formula is C10H11N4O2S+. The molecule has 0 aliphatic carbocycles. The molecule has 0 saturated carbocycles. The molecule has 5 N–H and O–H groups in total. The zero-order valence-electron chi connectivity index (χ0n) is 8.84. The average molecular weight is 251 g/mol. The lowest BCUT2D eigenvalue weighted by atomic mass is 10.4. The second-order valence-corrected chi connectivity index (χ2v) is 4.46. The number of hydrogen-bond acceptors (Lipinski definition) is 4. The lowest BCUT2D eigenvalue weighted by molar-refractivity contribution is -0.470. The van der Waals surface area contributed by atoms with Gasteiger partial charge in [-0.2, -0.15) is 0 Å². The maximum atomic E-state index is 11.7. The third-order valence-corrected chi connectivity index (χ3v) is 3.24. The molecule has 88 valence electrons. The van der Waals surface area contributed by atoms with E-state index in [4.69, 9.17) is 5.73 Å². The Labute approximate surface area is 101 Å². The van der Waals surface area contributed by atoms with Crippen molar-refractivity contribution >= 4 is 29.5 Å². The maximum absolute atomic E-state index is 11.7. The van der Waals surface area contributed by atoms with Crippen LogP contribution in [-0.2, 0) is 0 Å². The fraction of sp³-hybridized carbons (Fsp3) is 0.100. The van der Waals surface area contributed by atoms with Gasteiger partial charge in [-0.1, -0.05) is 0 Å². The van der Waals surface area contributed by atoms with E-state index in [1.807, 2.05) is 5.32 Å². The Balaban J connectivity index is 1.92. The summed E-state index contributed by atoms with van der Waals surface area (Å²) in [6.45, 7) is 0.419. The molecule has 0 fully saturated rings. The van der Waals surface area contributed by atoms with Crippen LogP contribution in [0.3, 0.4) is 0 Å². The zero-order valence-corrected chi connectivity index (χ0v) is 9.66. The first-order valence-corrected chi connectivity index (χ1v) is 5.72. The summed E-state index contributed by atoms with van der Waals surface area (Å²) in [5.41, 5.74) is 6.05. The van der Waals surface area contributed by atoms with Crippen LogP contribution in [0.2, 0.25) is 0 Å². The number of amides is 2. The molecule has 2 heterocycles. The molecule has 6 nitrogen and oxygen atoms in total. The summed E-state index contributed by atoms with van der Waals surface area (Å²) in [7, 11) is 0. The van der Waals surface area contributed by atoms with Gasteiger partial charge in [0.1, 0.15) is 5.70 Å². The number of rotatable bonds is 4. The number of quaternary nitrogens is 1. The van der Waals surface area contributed by atoms with Gasteiger partial charge in [-0.15, -0.1) is 11.3 Å². The van der Waals surface area contributed by atoms with Crippen molar-refractivity contribution in [3.8, 4) is 0 Å². The van der Waals surface area contributed by atoms with E-state index in [1.54, 1.807) is 24.7 Å². The second-order valence-electron chi connectivity index (χ2n) is 3.38. The minimum atomic E-state index is -0.519. The number of aliphatic imine (C=N–C) groups is 1. The van der Waals surface area contributed by atoms with Crippen LogP contribution in [0.1, 0.15) is 19.3 Å². The van der Waals surface area contributed by atoms with Gasteiger partial charge < -0.3 is 11.1 Å². The number of carbonyl (C=O) groups is 2. The summed E-state index contributed by atoms with van der Waals surface area (Å²) in [5, 5.41) is 4.56. The quantitative estimate of drug-likeness (QED) is 0.640. The molecular weight excluding hydrogens is 240 g/mol. The van der Waals surface area contributed by atoms with Crippen molar-refractivity contribution in [3.05, 3.63) is 33.8 Å². The molecule has 1 aliphatic rings. The van der Waals surface area contributed by atoms with Crippen molar-refractivity contribution in [1.29, 1.82) is 0 Å².